The van der Waals surface area contributed by atoms with Crippen LogP contribution in [-0.4, -0.2) is 25.0 Å². The van der Waals surface area contributed by atoms with E-state index < -0.39 is 5.97 Å². The van der Waals surface area contributed by atoms with Gasteiger partial charge in [0.05, 0.1) is 5.56 Å². The van der Waals surface area contributed by atoms with Crippen LogP contribution in [0.2, 0.25) is 0 Å². The summed E-state index contributed by atoms with van der Waals surface area (Å²) in [5.41, 5.74) is 6.37. The van der Waals surface area contributed by atoms with Gasteiger partial charge in [-0.2, -0.15) is 0 Å². The van der Waals surface area contributed by atoms with Crippen LogP contribution in [0.15, 0.2) is 24.3 Å². The number of ether oxygens (including phenoxy) is 1. The summed E-state index contributed by atoms with van der Waals surface area (Å²) in [6, 6.07) is 6.44. The fourth-order valence-electron chi connectivity index (χ4n) is 1.34. The Morgan fingerprint density at radius 3 is 2.83 bits per heavy atom. The molecule has 0 radical (unpaired) electrons. The van der Waals surface area contributed by atoms with Gasteiger partial charge in [0.1, 0.15) is 0 Å². The van der Waals surface area contributed by atoms with Crippen molar-refractivity contribution in [2.24, 2.45) is 0 Å². The Hall–Kier alpha value is -2.04. The number of carbonyl (C=O) groups is 2. The lowest BCUT2D eigenvalue weighted by atomic mass is 10.2. The number of rotatable bonds is 6. The second kappa shape index (κ2) is 7.32. The Kier molecular flexibility index (Phi) is 5.70. The standard InChI is InChI=1S/C13H18N2O3/c1-2-3-7-15-12(16)9-18-13(17)10-5-4-6-11(14)8-10/h4-6,8H,2-3,7,9,14H2,1H3,(H,15,16). The third-order valence-corrected chi connectivity index (χ3v) is 2.31. The molecule has 0 aliphatic rings. The molecule has 0 saturated carbocycles. The molecule has 98 valence electrons. The highest BCUT2D eigenvalue weighted by Crippen LogP contribution is 2.07. The van der Waals surface area contributed by atoms with Gasteiger partial charge >= 0.3 is 5.97 Å². The third kappa shape index (κ3) is 4.86. The largest absolute Gasteiger partial charge is 0.452 e. The summed E-state index contributed by atoms with van der Waals surface area (Å²) in [4.78, 5) is 22.9. The van der Waals surface area contributed by atoms with E-state index in [9.17, 15) is 9.59 Å². The van der Waals surface area contributed by atoms with Crippen LogP contribution in [0.3, 0.4) is 0 Å². The number of nitrogen functional groups attached to an aromatic ring is 1. The maximum Gasteiger partial charge on any atom is 0.338 e. The molecule has 0 aliphatic heterocycles. The maximum absolute atomic E-state index is 11.6. The average molecular weight is 250 g/mol. The van der Waals surface area contributed by atoms with Gasteiger partial charge in [-0.05, 0) is 24.6 Å². The van der Waals surface area contributed by atoms with Gasteiger partial charge in [-0.25, -0.2) is 4.79 Å². The number of unbranched alkanes of at least 4 members (excludes halogenated alkanes) is 1. The lowest BCUT2D eigenvalue weighted by Gasteiger charge is -2.06. The first-order chi connectivity index (χ1) is 8.63. The fourth-order valence-corrected chi connectivity index (χ4v) is 1.34. The predicted molar refractivity (Wildman–Crippen MR) is 69.1 cm³/mol. The van der Waals surface area contributed by atoms with Gasteiger partial charge in [-0.1, -0.05) is 19.4 Å². The number of benzene rings is 1. The second-order valence-corrected chi connectivity index (χ2v) is 3.91. The number of hydrogen-bond donors (Lipinski definition) is 2. The minimum Gasteiger partial charge on any atom is -0.452 e. The van der Waals surface area contributed by atoms with E-state index in [2.05, 4.69) is 5.32 Å². The normalized spacial score (nSPS) is 9.83. The molecule has 1 amide bonds. The van der Waals surface area contributed by atoms with Crippen molar-refractivity contribution in [1.29, 1.82) is 0 Å². The molecule has 5 nitrogen and oxygen atoms in total. The van der Waals surface area contributed by atoms with Gasteiger partial charge in [0.2, 0.25) is 0 Å². The number of nitrogens with one attached hydrogen (secondary N) is 1. The van der Waals surface area contributed by atoms with Gasteiger partial charge in [0.15, 0.2) is 6.61 Å². The summed E-state index contributed by atoms with van der Waals surface area (Å²) < 4.78 is 4.87. The van der Waals surface area contributed by atoms with Crippen molar-refractivity contribution in [3.05, 3.63) is 29.8 Å². The quantitative estimate of drug-likeness (QED) is 0.453. The number of amides is 1. The molecule has 5 heteroatoms. The Morgan fingerprint density at radius 2 is 2.17 bits per heavy atom. The van der Waals surface area contributed by atoms with Crippen LogP contribution in [0.1, 0.15) is 30.1 Å². The highest BCUT2D eigenvalue weighted by Gasteiger charge is 2.09. The Bertz CT molecular complexity index is 418. The molecule has 1 aromatic carbocycles. The molecule has 0 saturated heterocycles. The first-order valence-corrected chi connectivity index (χ1v) is 5.93. The first-order valence-electron chi connectivity index (χ1n) is 5.93. The van der Waals surface area contributed by atoms with Crippen molar-refractivity contribution in [1.82, 2.24) is 5.32 Å². The van der Waals surface area contributed by atoms with E-state index >= 15 is 0 Å². The van der Waals surface area contributed by atoms with Crippen LogP contribution in [0.4, 0.5) is 5.69 Å². The Labute approximate surface area is 106 Å². The van der Waals surface area contributed by atoms with Crippen molar-refractivity contribution < 1.29 is 14.3 Å². The summed E-state index contributed by atoms with van der Waals surface area (Å²) in [7, 11) is 0. The molecule has 1 rings (SSSR count). The zero-order valence-electron chi connectivity index (χ0n) is 10.4. The van der Waals surface area contributed by atoms with Crippen LogP contribution in [0, 0.1) is 0 Å². The first kappa shape index (κ1) is 14.0. The Balaban J connectivity index is 2.35. The molecule has 0 atom stereocenters. The van der Waals surface area contributed by atoms with Crippen LogP contribution in [0.25, 0.3) is 0 Å². The summed E-state index contributed by atoms with van der Waals surface area (Å²) >= 11 is 0. The fraction of sp³-hybridized carbons (Fsp3) is 0.385. The summed E-state index contributed by atoms with van der Waals surface area (Å²) in [5, 5.41) is 2.66. The lowest BCUT2D eigenvalue weighted by molar-refractivity contribution is -0.124. The minimum atomic E-state index is -0.548. The molecule has 0 aliphatic carbocycles. The molecule has 1 aromatic rings. The van der Waals surface area contributed by atoms with E-state index in [1.54, 1.807) is 18.2 Å². The number of carbonyl (C=O) groups excluding carboxylic acids is 2. The van der Waals surface area contributed by atoms with Crippen molar-refractivity contribution in [2.45, 2.75) is 19.8 Å². The molecule has 0 fully saturated rings. The highest BCUT2D eigenvalue weighted by molar-refractivity contribution is 5.92. The van der Waals surface area contributed by atoms with Crippen LogP contribution in [0.5, 0.6) is 0 Å². The maximum atomic E-state index is 11.6. The molecule has 0 unspecified atom stereocenters. The van der Waals surface area contributed by atoms with Gasteiger partial charge in [0, 0.05) is 12.2 Å². The zero-order chi connectivity index (χ0) is 13.4. The van der Waals surface area contributed by atoms with Crippen LogP contribution in [-0.2, 0) is 9.53 Å². The second-order valence-electron chi connectivity index (χ2n) is 3.91. The van der Waals surface area contributed by atoms with E-state index in [-0.39, 0.29) is 12.5 Å². The minimum absolute atomic E-state index is 0.267. The van der Waals surface area contributed by atoms with Gasteiger partial charge in [0.25, 0.3) is 5.91 Å². The lowest BCUT2D eigenvalue weighted by Crippen LogP contribution is -2.29. The summed E-state index contributed by atoms with van der Waals surface area (Å²) in [5.74, 6) is -0.839. The molecular formula is C13H18N2O3. The number of esters is 1. The molecular weight excluding hydrogens is 232 g/mol. The molecule has 3 N–H and O–H groups in total. The summed E-state index contributed by atoms with van der Waals surface area (Å²) in [6.45, 7) is 2.37. The van der Waals surface area contributed by atoms with E-state index in [4.69, 9.17) is 10.5 Å². The zero-order valence-corrected chi connectivity index (χ0v) is 10.4. The topological polar surface area (TPSA) is 81.4 Å². The van der Waals surface area contributed by atoms with E-state index in [1.165, 1.54) is 6.07 Å². The number of hydrogen-bond acceptors (Lipinski definition) is 4. The third-order valence-electron chi connectivity index (χ3n) is 2.31. The van der Waals surface area contributed by atoms with Gasteiger partial charge < -0.3 is 15.8 Å². The molecule has 0 bridgehead atoms. The van der Waals surface area contributed by atoms with Crippen molar-refractivity contribution in [3.8, 4) is 0 Å². The Morgan fingerprint density at radius 1 is 1.39 bits per heavy atom. The predicted octanol–water partition coefficient (Wildman–Crippen LogP) is 1.34. The average Bonchev–Trinajstić information content (AvgIpc) is 2.36. The molecule has 0 aromatic heterocycles. The highest BCUT2D eigenvalue weighted by atomic mass is 16.5. The van der Waals surface area contributed by atoms with E-state index in [0.717, 1.165) is 12.8 Å². The molecule has 0 heterocycles. The van der Waals surface area contributed by atoms with Crippen molar-refractivity contribution in [3.63, 3.8) is 0 Å². The van der Waals surface area contributed by atoms with Gasteiger partial charge in [-0.15, -0.1) is 0 Å². The van der Waals surface area contributed by atoms with Crippen molar-refractivity contribution >= 4 is 17.6 Å². The van der Waals surface area contributed by atoms with Crippen molar-refractivity contribution in [2.75, 3.05) is 18.9 Å². The number of nitrogens with two attached hydrogens (primary N) is 1. The van der Waals surface area contributed by atoms with E-state index in [1.807, 2.05) is 6.92 Å². The SMILES string of the molecule is CCCCNC(=O)COC(=O)c1cccc(N)c1. The molecule has 18 heavy (non-hydrogen) atoms. The van der Waals surface area contributed by atoms with E-state index in [0.29, 0.717) is 17.8 Å². The van der Waals surface area contributed by atoms with Crippen LogP contribution >= 0.6 is 0 Å². The van der Waals surface area contributed by atoms with Crippen LogP contribution < -0.4 is 11.1 Å². The summed E-state index contributed by atoms with van der Waals surface area (Å²) in [6.07, 6.45) is 1.91. The molecule has 0 spiro atoms. The van der Waals surface area contributed by atoms with Gasteiger partial charge in [-0.3, -0.25) is 4.79 Å². The number of anilines is 1. The monoisotopic (exact) mass is 250 g/mol. The smallest absolute Gasteiger partial charge is 0.338 e.